The second-order valence-electron chi connectivity index (χ2n) is 5.20. The lowest BCUT2D eigenvalue weighted by molar-refractivity contribution is 0.0978. The van der Waals surface area contributed by atoms with Gasteiger partial charge in [-0.05, 0) is 18.6 Å². The van der Waals surface area contributed by atoms with E-state index >= 15 is 0 Å². The van der Waals surface area contributed by atoms with Crippen molar-refractivity contribution in [2.75, 3.05) is 29.9 Å². The van der Waals surface area contributed by atoms with E-state index in [2.05, 4.69) is 9.88 Å². The number of carbonyl (C=O) groups is 1. The van der Waals surface area contributed by atoms with Gasteiger partial charge >= 0.3 is 0 Å². The van der Waals surface area contributed by atoms with Gasteiger partial charge in [0.15, 0.2) is 11.5 Å². The molecule has 0 unspecified atom stereocenters. The number of anilines is 2. The predicted octanol–water partition coefficient (Wildman–Crippen LogP) is 2.85. The number of benzene rings is 1. The topological polar surface area (TPSA) is 36.4 Å². The van der Waals surface area contributed by atoms with Gasteiger partial charge in [0.2, 0.25) is 0 Å². The smallest absolute Gasteiger partial charge is 0.279 e. The van der Waals surface area contributed by atoms with Gasteiger partial charge in [0.05, 0.1) is 17.6 Å². The molecule has 0 saturated carbocycles. The summed E-state index contributed by atoms with van der Waals surface area (Å²) >= 11 is 0. The molecule has 3 rings (SSSR count). The third-order valence-corrected chi connectivity index (χ3v) is 3.71. The van der Waals surface area contributed by atoms with Crippen molar-refractivity contribution in [3.8, 4) is 0 Å². The van der Waals surface area contributed by atoms with Crippen molar-refractivity contribution in [3.05, 3.63) is 53.9 Å². The molecule has 0 spiro atoms. The lowest BCUT2D eigenvalue weighted by Gasteiger charge is -2.24. The number of nitrogens with zero attached hydrogens (tertiary/aromatic N) is 3. The van der Waals surface area contributed by atoms with Crippen LogP contribution in [0.15, 0.2) is 36.5 Å². The molecule has 0 saturated heterocycles. The Morgan fingerprint density at radius 1 is 1.18 bits per heavy atom. The van der Waals surface area contributed by atoms with Gasteiger partial charge in [0, 0.05) is 26.2 Å². The molecule has 0 N–H and O–H groups in total. The van der Waals surface area contributed by atoms with E-state index in [1.807, 2.05) is 31.3 Å². The van der Waals surface area contributed by atoms with E-state index in [4.69, 9.17) is 0 Å². The van der Waals surface area contributed by atoms with Crippen LogP contribution >= 0.6 is 0 Å². The number of fused-ring (bicyclic) bond motifs is 1. The molecule has 2 aromatic rings. The number of halogens is 2. The molecule has 0 fully saturated rings. The van der Waals surface area contributed by atoms with E-state index < -0.39 is 17.5 Å². The largest absolute Gasteiger partial charge is 0.373 e. The first-order chi connectivity index (χ1) is 10.6. The molecule has 1 aromatic heterocycles. The molecule has 1 aliphatic rings. The van der Waals surface area contributed by atoms with E-state index in [0.29, 0.717) is 18.3 Å². The summed E-state index contributed by atoms with van der Waals surface area (Å²) in [6.45, 7) is 1.25. The maximum atomic E-state index is 13.8. The van der Waals surface area contributed by atoms with Gasteiger partial charge in [-0.15, -0.1) is 0 Å². The first-order valence-electron chi connectivity index (χ1n) is 7.01. The van der Waals surface area contributed by atoms with Crippen LogP contribution in [0.1, 0.15) is 16.9 Å². The first-order valence-corrected chi connectivity index (χ1v) is 7.01. The average Bonchev–Trinajstić information content (AvgIpc) is 2.66. The number of pyridine rings is 1. The Balaban J connectivity index is 2.03. The van der Waals surface area contributed by atoms with Crippen LogP contribution in [0.3, 0.4) is 0 Å². The quantitative estimate of drug-likeness (QED) is 0.813. The van der Waals surface area contributed by atoms with Crippen LogP contribution in [0.25, 0.3) is 0 Å². The number of hydrogen-bond acceptors (Lipinski definition) is 3. The standard InChI is InChI=1S/C16H15F2N3O/c1-20-7-4-8-21(14-6-3-2-5-13(14)20)16(22)15-12(18)9-11(17)10-19-15/h2-3,5-6,9-10H,4,7-8H2,1H3. The zero-order chi connectivity index (χ0) is 15.7. The monoisotopic (exact) mass is 303 g/mol. The number of rotatable bonds is 1. The normalized spacial score (nSPS) is 14.5. The molecular formula is C16H15F2N3O. The summed E-state index contributed by atoms with van der Waals surface area (Å²) in [6.07, 6.45) is 1.60. The highest BCUT2D eigenvalue weighted by molar-refractivity contribution is 6.06. The summed E-state index contributed by atoms with van der Waals surface area (Å²) in [6, 6.07) is 8.12. The number of para-hydroxylation sites is 2. The van der Waals surface area contributed by atoms with Crippen molar-refractivity contribution in [2.24, 2.45) is 0 Å². The summed E-state index contributed by atoms with van der Waals surface area (Å²) < 4.78 is 26.8. The Bertz CT molecular complexity index is 720. The zero-order valence-electron chi connectivity index (χ0n) is 12.1. The maximum absolute atomic E-state index is 13.8. The molecule has 22 heavy (non-hydrogen) atoms. The van der Waals surface area contributed by atoms with Crippen molar-refractivity contribution in [2.45, 2.75) is 6.42 Å². The van der Waals surface area contributed by atoms with Crippen LogP contribution in [-0.2, 0) is 0 Å². The van der Waals surface area contributed by atoms with Crippen molar-refractivity contribution in [1.29, 1.82) is 0 Å². The number of aromatic nitrogens is 1. The van der Waals surface area contributed by atoms with Crippen molar-refractivity contribution >= 4 is 17.3 Å². The third-order valence-electron chi connectivity index (χ3n) is 3.71. The van der Waals surface area contributed by atoms with Crippen LogP contribution in [0, 0.1) is 11.6 Å². The Labute approximate surface area is 127 Å². The Morgan fingerprint density at radius 2 is 1.91 bits per heavy atom. The Hall–Kier alpha value is -2.50. The minimum atomic E-state index is -0.944. The van der Waals surface area contributed by atoms with E-state index in [9.17, 15) is 13.6 Å². The molecule has 0 atom stereocenters. The van der Waals surface area contributed by atoms with E-state index in [1.54, 1.807) is 0 Å². The molecule has 1 aliphatic heterocycles. The fourth-order valence-corrected chi connectivity index (χ4v) is 2.63. The molecule has 1 amide bonds. The lowest BCUT2D eigenvalue weighted by Crippen LogP contribution is -2.33. The van der Waals surface area contributed by atoms with Crippen LogP contribution in [-0.4, -0.2) is 31.0 Å². The summed E-state index contributed by atoms with van der Waals surface area (Å²) in [7, 11) is 1.95. The van der Waals surface area contributed by atoms with Crippen molar-refractivity contribution in [1.82, 2.24) is 4.98 Å². The van der Waals surface area contributed by atoms with E-state index in [1.165, 1.54) is 4.90 Å². The Morgan fingerprint density at radius 3 is 2.64 bits per heavy atom. The molecule has 114 valence electrons. The van der Waals surface area contributed by atoms with Crippen LogP contribution in [0.5, 0.6) is 0 Å². The van der Waals surface area contributed by atoms with Crippen molar-refractivity contribution < 1.29 is 13.6 Å². The lowest BCUT2D eigenvalue weighted by atomic mass is 10.2. The summed E-state index contributed by atoms with van der Waals surface area (Å²) in [5, 5.41) is 0. The van der Waals surface area contributed by atoms with Gasteiger partial charge in [-0.25, -0.2) is 13.8 Å². The molecule has 6 heteroatoms. The second kappa shape index (κ2) is 5.71. The van der Waals surface area contributed by atoms with Gasteiger partial charge in [-0.2, -0.15) is 0 Å². The molecular weight excluding hydrogens is 288 g/mol. The Kier molecular flexibility index (Phi) is 3.75. The molecule has 0 radical (unpaired) electrons. The van der Waals surface area contributed by atoms with Gasteiger partial charge in [0.1, 0.15) is 5.82 Å². The van der Waals surface area contributed by atoms with Gasteiger partial charge in [-0.1, -0.05) is 12.1 Å². The fraction of sp³-hybridized carbons (Fsp3) is 0.250. The summed E-state index contributed by atoms with van der Waals surface area (Å²) in [5.74, 6) is -2.30. The highest BCUT2D eigenvalue weighted by Crippen LogP contribution is 2.32. The molecule has 2 heterocycles. The highest BCUT2D eigenvalue weighted by Gasteiger charge is 2.26. The minimum absolute atomic E-state index is 0.360. The third kappa shape index (κ3) is 2.52. The van der Waals surface area contributed by atoms with E-state index in [0.717, 1.165) is 24.8 Å². The zero-order valence-corrected chi connectivity index (χ0v) is 12.1. The van der Waals surface area contributed by atoms with Crippen LogP contribution in [0.2, 0.25) is 0 Å². The molecule has 1 aromatic carbocycles. The van der Waals surface area contributed by atoms with Gasteiger partial charge in [-0.3, -0.25) is 4.79 Å². The number of carbonyl (C=O) groups excluding carboxylic acids is 1. The average molecular weight is 303 g/mol. The van der Waals surface area contributed by atoms with Gasteiger partial charge in [0.25, 0.3) is 5.91 Å². The summed E-state index contributed by atoms with van der Waals surface area (Å²) in [4.78, 5) is 19.8. The summed E-state index contributed by atoms with van der Waals surface area (Å²) in [5.41, 5.74) is 1.25. The first kappa shape index (κ1) is 14.4. The number of amides is 1. The fourth-order valence-electron chi connectivity index (χ4n) is 2.63. The SMILES string of the molecule is CN1CCCN(C(=O)c2ncc(F)cc2F)c2ccccc21. The molecule has 4 nitrogen and oxygen atoms in total. The predicted molar refractivity (Wildman–Crippen MR) is 80.2 cm³/mol. The molecule has 0 aliphatic carbocycles. The number of hydrogen-bond donors (Lipinski definition) is 0. The second-order valence-corrected chi connectivity index (χ2v) is 5.20. The van der Waals surface area contributed by atoms with Crippen LogP contribution in [0.4, 0.5) is 20.2 Å². The van der Waals surface area contributed by atoms with Crippen LogP contribution < -0.4 is 9.80 Å². The maximum Gasteiger partial charge on any atom is 0.279 e. The minimum Gasteiger partial charge on any atom is -0.373 e. The van der Waals surface area contributed by atoms with E-state index in [-0.39, 0.29) is 5.69 Å². The highest BCUT2D eigenvalue weighted by atomic mass is 19.1. The van der Waals surface area contributed by atoms with Crippen molar-refractivity contribution in [3.63, 3.8) is 0 Å². The van der Waals surface area contributed by atoms with Gasteiger partial charge < -0.3 is 9.80 Å². The molecule has 0 bridgehead atoms.